The van der Waals surface area contributed by atoms with Crippen molar-refractivity contribution in [2.45, 2.75) is 30.8 Å². The summed E-state index contributed by atoms with van der Waals surface area (Å²) in [5, 5.41) is 2.69. The van der Waals surface area contributed by atoms with Gasteiger partial charge in [-0.2, -0.15) is 17.5 Å². The zero-order chi connectivity index (χ0) is 24.7. The lowest BCUT2D eigenvalue weighted by Gasteiger charge is -2.31. The van der Waals surface area contributed by atoms with E-state index in [-0.39, 0.29) is 49.8 Å². The van der Waals surface area contributed by atoms with Crippen molar-refractivity contribution >= 4 is 27.4 Å². The number of piperidine rings is 1. The molecule has 0 bridgehead atoms. The second-order valence-electron chi connectivity index (χ2n) is 7.97. The maximum Gasteiger partial charge on any atom is 0.417 e. The number of carbonyl (C=O) groups excluding carboxylic acids is 2. The Kier molecular flexibility index (Phi) is 6.30. The van der Waals surface area contributed by atoms with Gasteiger partial charge in [-0.1, -0.05) is 12.1 Å². The maximum atomic E-state index is 13.3. The average Bonchev–Trinajstić information content (AvgIpc) is 3.25. The molecule has 4 rings (SSSR count). The van der Waals surface area contributed by atoms with Crippen LogP contribution in [-0.2, 0) is 21.0 Å². The van der Waals surface area contributed by atoms with Crippen molar-refractivity contribution in [2.75, 3.05) is 25.2 Å². The lowest BCUT2D eigenvalue weighted by atomic mass is 9.96. The van der Waals surface area contributed by atoms with E-state index < -0.39 is 38.5 Å². The fourth-order valence-corrected chi connectivity index (χ4v) is 5.68. The molecule has 0 unspecified atom stereocenters. The Morgan fingerprint density at radius 3 is 2.29 bits per heavy atom. The molecule has 0 aliphatic carbocycles. The van der Waals surface area contributed by atoms with Crippen molar-refractivity contribution < 1.29 is 40.7 Å². The SMILES string of the molecule is CC(=O)c1cc2c(cc1NC(=O)C1CCN(S(=O)(=O)c3ccccc3C(F)(F)F)CC1)OCO2. The first-order valence-electron chi connectivity index (χ1n) is 10.4. The molecule has 2 heterocycles. The third-order valence-corrected chi connectivity index (χ3v) is 7.74. The molecule has 0 atom stereocenters. The number of rotatable bonds is 5. The van der Waals surface area contributed by atoms with Crippen LogP contribution in [0.15, 0.2) is 41.3 Å². The molecule has 8 nitrogen and oxygen atoms in total. The molecule has 34 heavy (non-hydrogen) atoms. The van der Waals surface area contributed by atoms with Gasteiger partial charge >= 0.3 is 6.18 Å². The Morgan fingerprint density at radius 2 is 1.68 bits per heavy atom. The van der Waals surface area contributed by atoms with Crippen LogP contribution in [0.1, 0.15) is 35.7 Å². The zero-order valence-electron chi connectivity index (χ0n) is 18.0. The molecule has 0 aromatic heterocycles. The molecule has 2 aromatic carbocycles. The van der Waals surface area contributed by atoms with Crippen molar-refractivity contribution in [2.24, 2.45) is 5.92 Å². The number of ketones is 1. The van der Waals surface area contributed by atoms with Crippen molar-refractivity contribution in [1.29, 1.82) is 0 Å². The smallest absolute Gasteiger partial charge is 0.417 e. The van der Waals surface area contributed by atoms with Gasteiger partial charge in [-0.25, -0.2) is 8.42 Å². The molecular formula is C22H21F3N2O6S. The van der Waals surface area contributed by atoms with Crippen LogP contribution in [-0.4, -0.2) is 44.3 Å². The van der Waals surface area contributed by atoms with Crippen molar-refractivity contribution in [1.82, 2.24) is 4.31 Å². The summed E-state index contributed by atoms with van der Waals surface area (Å²) in [6, 6.07) is 6.99. The molecule has 2 aliphatic rings. The summed E-state index contributed by atoms with van der Waals surface area (Å²) in [6.07, 6.45) is -4.60. The molecule has 12 heteroatoms. The predicted molar refractivity (Wildman–Crippen MR) is 114 cm³/mol. The standard InChI is InChI=1S/C22H21F3N2O6S/c1-13(28)15-10-18-19(33-12-32-18)11-17(15)26-21(29)14-6-8-27(9-7-14)34(30,31)20-5-3-2-4-16(20)22(23,24)25/h2-5,10-11,14H,6-9,12H2,1H3,(H,26,29). The average molecular weight is 498 g/mol. The fraction of sp³-hybridized carbons (Fsp3) is 0.364. The molecule has 0 saturated carbocycles. The van der Waals surface area contributed by atoms with E-state index in [9.17, 15) is 31.2 Å². The summed E-state index contributed by atoms with van der Waals surface area (Å²) >= 11 is 0. The summed E-state index contributed by atoms with van der Waals surface area (Å²) in [6.45, 7) is 1.10. The molecule has 1 amide bonds. The Morgan fingerprint density at radius 1 is 1.06 bits per heavy atom. The summed E-state index contributed by atoms with van der Waals surface area (Å²) in [7, 11) is -4.40. The molecule has 1 saturated heterocycles. The molecule has 1 N–H and O–H groups in total. The van der Waals surface area contributed by atoms with Gasteiger partial charge in [0.1, 0.15) is 0 Å². The Bertz CT molecular complexity index is 1240. The van der Waals surface area contributed by atoms with E-state index in [2.05, 4.69) is 5.32 Å². The predicted octanol–water partition coefficient (Wildman–Crippen LogP) is 3.68. The van der Waals surface area contributed by atoms with Gasteiger partial charge in [0.15, 0.2) is 17.3 Å². The molecular weight excluding hydrogens is 477 g/mol. The molecule has 2 aromatic rings. The van der Waals surface area contributed by atoms with E-state index >= 15 is 0 Å². The topological polar surface area (TPSA) is 102 Å². The summed E-state index contributed by atoms with van der Waals surface area (Å²) in [5.74, 6) is -0.535. The minimum atomic E-state index is -4.82. The summed E-state index contributed by atoms with van der Waals surface area (Å²) < 4.78 is 77.3. The van der Waals surface area contributed by atoms with Crippen LogP contribution in [0.5, 0.6) is 11.5 Å². The van der Waals surface area contributed by atoms with Crippen LogP contribution < -0.4 is 14.8 Å². The number of amides is 1. The number of ether oxygens (including phenoxy) is 2. The first-order valence-corrected chi connectivity index (χ1v) is 11.8. The minimum absolute atomic E-state index is 0.00548. The number of Topliss-reactive ketones (excluding diaryl/α,β-unsaturated/α-hetero) is 1. The zero-order valence-corrected chi connectivity index (χ0v) is 18.8. The van der Waals surface area contributed by atoms with E-state index in [4.69, 9.17) is 9.47 Å². The monoisotopic (exact) mass is 498 g/mol. The number of carbonyl (C=O) groups is 2. The van der Waals surface area contributed by atoms with Crippen LogP contribution in [0.2, 0.25) is 0 Å². The van der Waals surface area contributed by atoms with Crippen LogP contribution in [0.3, 0.4) is 0 Å². The van der Waals surface area contributed by atoms with Gasteiger partial charge in [0, 0.05) is 30.6 Å². The lowest BCUT2D eigenvalue weighted by Crippen LogP contribution is -2.42. The second kappa shape index (κ2) is 8.91. The van der Waals surface area contributed by atoms with Gasteiger partial charge in [-0.3, -0.25) is 9.59 Å². The van der Waals surface area contributed by atoms with Crippen molar-refractivity contribution in [3.63, 3.8) is 0 Å². The number of anilines is 1. The number of hydrogen-bond acceptors (Lipinski definition) is 6. The van der Waals surface area contributed by atoms with Crippen LogP contribution in [0, 0.1) is 5.92 Å². The highest BCUT2D eigenvalue weighted by Gasteiger charge is 2.40. The highest BCUT2D eigenvalue weighted by molar-refractivity contribution is 7.89. The van der Waals surface area contributed by atoms with E-state index in [1.807, 2.05) is 0 Å². The first kappa shape index (κ1) is 24.0. The van der Waals surface area contributed by atoms with E-state index in [0.717, 1.165) is 22.5 Å². The van der Waals surface area contributed by atoms with Crippen LogP contribution >= 0.6 is 0 Å². The number of alkyl halides is 3. The number of nitrogens with zero attached hydrogens (tertiary/aromatic N) is 1. The molecule has 182 valence electrons. The maximum absolute atomic E-state index is 13.3. The van der Waals surface area contributed by atoms with Crippen molar-refractivity contribution in [3.05, 3.63) is 47.5 Å². The fourth-order valence-electron chi connectivity index (χ4n) is 3.99. The highest BCUT2D eigenvalue weighted by atomic mass is 32.2. The largest absolute Gasteiger partial charge is 0.454 e. The Hall–Kier alpha value is -3.12. The number of benzene rings is 2. The van der Waals surface area contributed by atoms with Gasteiger partial charge in [-0.15, -0.1) is 0 Å². The Balaban J connectivity index is 1.47. The van der Waals surface area contributed by atoms with Gasteiger partial charge in [-0.05, 0) is 38.0 Å². The third kappa shape index (κ3) is 4.60. The van der Waals surface area contributed by atoms with Gasteiger partial charge in [0.2, 0.25) is 22.7 Å². The number of halogens is 3. The number of nitrogens with one attached hydrogen (secondary N) is 1. The van der Waals surface area contributed by atoms with Gasteiger partial charge < -0.3 is 14.8 Å². The number of hydrogen-bond donors (Lipinski definition) is 1. The van der Waals surface area contributed by atoms with E-state index in [1.54, 1.807) is 0 Å². The lowest BCUT2D eigenvalue weighted by molar-refractivity contribution is -0.139. The normalized spacial score (nSPS) is 16.9. The third-order valence-electron chi connectivity index (χ3n) is 5.78. The summed E-state index contributed by atoms with van der Waals surface area (Å²) in [4.78, 5) is 24.0. The first-order chi connectivity index (χ1) is 16.0. The highest BCUT2D eigenvalue weighted by Crippen LogP contribution is 2.38. The molecule has 0 spiro atoms. The second-order valence-corrected chi connectivity index (χ2v) is 9.88. The quantitative estimate of drug-likeness (QED) is 0.632. The van der Waals surface area contributed by atoms with Gasteiger partial charge in [0.25, 0.3) is 0 Å². The molecule has 2 aliphatic heterocycles. The summed E-state index contributed by atoms with van der Waals surface area (Å²) in [5.41, 5.74) is -0.744. The van der Waals surface area contributed by atoms with Crippen LogP contribution in [0.25, 0.3) is 0 Å². The molecule has 1 fully saturated rings. The van der Waals surface area contributed by atoms with E-state index in [1.165, 1.54) is 25.1 Å². The van der Waals surface area contributed by atoms with E-state index in [0.29, 0.717) is 11.5 Å². The Labute approximate surface area is 193 Å². The molecule has 0 radical (unpaired) electrons. The number of sulfonamides is 1. The van der Waals surface area contributed by atoms with Crippen molar-refractivity contribution in [3.8, 4) is 11.5 Å². The minimum Gasteiger partial charge on any atom is -0.454 e. The van der Waals surface area contributed by atoms with Crippen LogP contribution in [0.4, 0.5) is 18.9 Å². The number of fused-ring (bicyclic) bond motifs is 1. The van der Waals surface area contributed by atoms with Gasteiger partial charge in [0.05, 0.1) is 16.1 Å².